The van der Waals surface area contributed by atoms with Crippen LogP contribution in [0, 0.1) is 11.8 Å². The summed E-state index contributed by atoms with van der Waals surface area (Å²) in [6.07, 6.45) is 0.918. The van der Waals surface area contributed by atoms with Gasteiger partial charge in [0, 0.05) is 37.0 Å². The second kappa shape index (κ2) is 7.44. The van der Waals surface area contributed by atoms with Crippen LogP contribution in [-0.4, -0.2) is 49.4 Å². The number of esters is 1. The highest BCUT2D eigenvalue weighted by molar-refractivity contribution is 6.30. The number of hydrogen-bond acceptors (Lipinski definition) is 4. The Kier molecular flexibility index (Phi) is 5.27. The first-order chi connectivity index (χ1) is 12.0. The van der Waals surface area contributed by atoms with Crippen LogP contribution in [-0.2, 0) is 19.1 Å². The van der Waals surface area contributed by atoms with E-state index in [0.29, 0.717) is 37.5 Å². The largest absolute Gasteiger partial charge is 0.469 e. The van der Waals surface area contributed by atoms with Gasteiger partial charge in [-0.3, -0.25) is 14.4 Å². The number of nitrogens with one attached hydrogen (secondary N) is 1. The van der Waals surface area contributed by atoms with E-state index in [1.165, 1.54) is 7.11 Å². The number of carbonyl (C=O) groups excluding carboxylic acids is 3. The third-order valence-corrected chi connectivity index (χ3v) is 5.30. The minimum Gasteiger partial charge on any atom is -0.469 e. The molecule has 25 heavy (non-hydrogen) atoms. The molecule has 7 heteroatoms. The normalized spacial score (nSPS) is 26.2. The first-order valence-corrected chi connectivity index (χ1v) is 8.76. The van der Waals surface area contributed by atoms with Crippen LogP contribution < -0.4 is 5.32 Å². The average Bonchev–Trinajstić information content (AvgIpc) is 3.07. The van der Waals surface area contributed by atoms with Gasteiger partial charge < -0.3 is 15.0 Å². The van der Waals surface area contributed by atoms with E-state index in [-0.39, 0.29) is 29.6 Å². The maximum Gasteiger partial charge on any atom is 0.311 e. The lowest BCUT2D eigenvalue weighted by molar-refractivity contribution is -0.145. The lowest BCUT2D eigenvalue weighted by atomic mass is 9.89. The van der Waals surface area contributed by atoms with E-state index in [9.17, 15) is 14.4 Å². The van der Waals surface area contributed by atoms with Gasteiger partial charge in [-0.15, -0.1) is 0 Å². The highest BCUT2D eigenvalue weighted by atomic mass is 35.5. The first-order valence-electron chi connectivity index (χ1n) is 8.38. The summed E-state index contributed by atoms with van der Waals surface area (Å²) >= 11 is 5.95. The molecule has 1 unspecified atom stereocenters. The molecule has 0 bridgehead atoms. The van der Waals surface area contributed by atoms with E-state index in [2.05, 4.69) is 5.32 Å². The van der Waals surface area contributed by atoms with Crippen molar-refractivity contribution >= 4 is 29.4 Å². The van der Waals surface area contributed by atoms with Crippen LogP contribution in [0.15, 0.2) is 24.3 Å². The SMILES string of the molecule is COC(=O)[C@@H]1CN(C(=O)C2CCC(=O)NC2)C[C@H]1c1ccc(Cl)cc1. The van der Waals surface area contributed by atoms with Gasteiger partial charge in [-0.2, -0.15) is 0 Å². The molecule has 3 atom stereocenters. The van der Waals surface area contributed by atoms with Crippen molar-refractivity contribution < 1.29 is 19.1 Å². The third kappa shape index (κ3) is 3.79. The molecular weight excluding hydrogens is 344 g/mol. The minimum absolute atomic E-state index is 0.00892. The van der Waals surface area contributed by atoms with Crippen molar-refractivity contribution in [3.63, 3.8) is 0 Å². The fourth-order valence-electron chi connectivity index (χ4n) is 3.62. The summed E-state index contributed by atoms with van der Waals surface area (Å²) in [5, 5.41) is 3.37. The van der Waals surface area contributed by atoms with Crippen LogP contribution in [0.4, 0.5) is 0 Å². The molecule has 2 aliphatic heterocycles. The van der Waals surface area contributed by atoms with Gasteiger partial charge in [0.05, 0.1) is 18.9 Å². The fraction of sp³-hybridized carbons (Fsp3) is 0.500. The van der Waals surface area contributed by atoms with Crippen molar-refractivity contribution in [2.45, 2.75) is 18.8 Å². The Labute approximate surface area is 151 Å². The van der Waals surface area contributed by atoms with E-state index in [0.717, 1.165) is 5.56 Å². The van der Waals surface area contributed by atoms with Crippen LogP contribution in [0.1, 0.15) is 24.3 Å². The standard InChI is InChI=1S/C18H21ClN2O4/c1-25-18(24)15-10-21(17(23)12-4-7-16(22)20-8-12)9-14(15)11-2-5-13(19)6-3-11/h2-3,5-6,12,14-15H,4,7-10H2,1H3,(H,20,22)/t12?,14-,15+/m0/s1. The summed E-state index contributed by atoms with van der Waals surface area (Å²) in [6, 6.07) is 7.34. The van der Waals surface area contributed by atoms with Crippen molar-refractivity contribution in [2.24, 2.45) is 11.8 Å². The van der Waals surface area contributed by atoms with Crippen molar-refractivity contribution in [2.75, 3.05) is 26.7 Å². The molecule has 0 aliphatic carbocycles. The number of benzene rings is 1. The summed E-state index contributed by atoms with van der Waals surface area (Å²) in [5.41, 5.74) is 0.965. The van der Waals surface area contributed by atoms with E-state index in [1.54, 1.807) is 17.0 Å². The van der Waals surface area contributed by atoms with Gasteiger partial charge in [-0.05, 0) is 24.1 Å². The molecule has 2 aliphatic rings. The molecule has 0 saturated carbocycles. The number of halogens is 1. The van der Waals surface area contributed by atoms with Gasteiger partial charge in [0.2, 0.25) is 11.8 Å². The molecule has 0 spiro atoms. The zero-order valence-corrected chi connectivity index (χ0v) is 14.8. The number of piperidine rings is 1. The van der Waals surface area contributed by atoms with Gasteiger partial charge in [-0.1, -0.05) is 23.7 Å². The lowest BCUT2D eigenvalue weighted by Gasteiger charge is -2.26. The molecule has 1 aromatic rings. The van der Waals surface area contributed by atoms with Crippen molar-refractivity contribution in [1.82, 2.24) is 10.2 Å². The Balaban J connectivity index is 1.76. The number of hydrogen-bond donors (Lipinski definition) is 1. The smallest absolute Gasteiger partial charge is 0.311 e. The topological polar surface area (TPSA) is 75.7 Å². The molecule has 0 aromatic heterocycles. The van der Waals surface area contributed by atoms with Gasteiger partial charge in [0.25, 0.3) is 0 Å². The van der Waals surface area contributed by atoms with Crippen LogP contribution in [0.2, 0.25) is 5.02 Å². The summed E-state index contributed by atoms with van der Waals surface area (Å²) in [7, 11) is 1.36. The molecule has 6 nitrogen and oxygen atoms in total. The summed E-state index contributed by atoms with van der Waals surface area (Å²) in [6.45, 7) is 1.16. The van der Waals surface area contributed by atoms with Crippen molar-refractivity contribution in [3.05, 3.63) is 34.9 Å². The number of likely N-dealkylation sites (tertiary alicyclic amines) is 1. The van der Waals surface area contributed by atoms with Gasteiger partial charge in [0.1, 0.15) is 0 Å². The highest BCUT2D eigenvalue weighted by Crippen LogP contribution is 2.35. The Morgan fingerprint density at radius 3 is 2.56 bits per heavy atom. The first kappa shape index (κ1) is 17.7. The Hall–Kier alpha value is -2.08. The van der Waals surface area contributed by atoms with Gasteiger partial charge in [-0.25, -0.2) is 0 Å². The summed E-state index contributed by atoms with van der Waals surface area (Å²) < 4.78 is 4.94. The molecule has 2 saturated heterocycles. The quantitative estimate of drug-likeness (QED) is 0.826. The zero-order chi connectivity index (χ0) is 18.0. The minimum atomic E-state index is -0.395. The number of amides is 2. The molecule has 1 aromatic carbocycles. The van der Waals surface area contributed by atoms with Gasteiger partial charge in [0.15, 0.2) is 0 Å². The molecule has 2 fully saturated rings. The third-order valence-electron chi connectivity index (χ3n) is 5.05. The maximum absolute atomic E-state index is 12.8. The summed E-state index contributed by atoms with van der Waals surface area (Å²) in [5.74, 6) is -1.07. The zero-order valence-electron chi connectivity index (χ0n) is 14.0. The second-order valence-electron chi connectivity index (χ2n) is 6.57. The molecule has 134 valence electrons. The monoisotopic (exact) mass is 364 g/mol. The van der Waals surface area contributed by atoms with Gasteiger partial charge >= 0.3 is 5.97 Å². The Morgan fingerprint density at radius 1 is 1.24 bits per heavy atom. The Bertz CT molecular complexity index is 666. The molecule has 2 amide bonds. The highest BCUT2D eigenvalue weighted by Gasteiger charge is 2.42. The average molecular weight is 365 g/mol. The van der Waals surface area contributed by atoms with E-state index in [4.69, 9.17) is 16.3 Å². The number of nitrogens with zero attached hydrogens (tertiary/aromatic N) is 1. The van der Waals surface area contributed by atoms with Crippen LogP contribution in [0.3, 0.4) is 0 Å². The van der Waals surface area contributed by atoms with Crippen molar-refractivity contribution in [1.29, 1.82) is 0 Å². The van der Waals surface area contributed by atoms with Crippen LogP contribution >= 0.6 is 11.6 Å². The number of rotatable bonds is 3. The molecule has 0 radical (unpaired) electrons. The number of carbonyl (C=O) groups is 3. The molecule has 3 rings (SSSR count). The maximum atomic E-state index is 12.8. The van der Waals surface area contributed by atoms with Crippen LogP contribution in [0.25, 0.3) is 0 Å². The molecule has 2 heterocycles. The predicted octanol–water partition coefficient (Wildman–Crippen LogP) is 1.58. The summed E-state index contributed by atoms with van der Waals surface area (Å²) in [4.78, 5) is 38.0. The van der Waals surface area contributed by atoms with Crippen molar-refractivity contribution in [3.8, 4) is 0 Å². The van der Waals surface area contributed by atoms with E-state index in [1.807, 2.05) is 12.1 Å². The second-order valence-corrected chi connectivity index (χ2v) is 7.01. The fourth-order valence-corrected chi connectivity index (χ4v) is 3.75. The van der Waals surface area contributed by atoms with E-state index >= 15 is 0 Å². The van der Waals surface area contributed by atoms with Crippen LogP contribution in [0.5, 0.6) is 0 Å². The number of ether oxygens (including phenoxy) is 1. The van der Waals surface area contributed by atoms with E-state index < -0.39 is 5.92 Å². The lowest BCUT2D eigenvalue weighted by Crippen LogP contribution is -2.44. The molecular formula is C18H21ClN2O4. The molecule has 1 N–H and O–H groups in total. The number of methoxy groups -OCH3 is 1. The Morgan fingerprint density at radius 2 is 1.96 bits per heavy atom. The predicted molar refractivity (Wildman–Crippen MR) is 92.0 cm³/mol.